The third kappa shape index (κ3) is 10.7. The lowest BCUT2D eigenvalue weighted by molar-refractivity contribution is -0.404. The summed E-state index contributed by atoms with van der Waals surface area (Å²) in [7, 11) is 0. The van der Waals surface area contributed by atoms with Gasteiger partial charge in [0.05, 0.1) is 50.3 Å². The Morgan fingerprint density at radius 1 is 0.563 bits per heavy atom. The van der Waals surface area contributed by atoms with E-state index in [-0.39, 0.29) is 34.0 Å². The van der Waals surface area contributed by atoms with Crippen LogP contribution in [-0.4, -0.2) is 271 Å². The second kappa shape index (κ2) is 24.2. The number of fused-ring (bicyclic) bond motifs is 4. The molecule has 0 radical (unpaired) electrons. The summed E-state index contributed by atoms with van der Waals surface area (Å²) in [5.74, 6) is -0.428. The fourth-order valence-electron chi connectivity index (χ4n) is 19.0. The molecule has 0 aromatic rings. The Balaban J connectivity index is 0.876. The van der Waals surface area contributed by atoms with Gasteiger partial charge in [0.15, 0.2) is 31.5 Å². The number of esters is 1. The molecular weight excluding hydrogens is 1150 g/mol. The van der Waals surface area contributed by atoms with E-state index in [9.17, 15) is 76.0 Å². The van der Waals surface area contributed by atoms with E-state index in [0.29, 0.717) is 32.3 Å². The molecule has 11 aliphatic rings. The van der Waals surface area contributed by atoms with Crippen LogP contribution < -0.4 is 0 Å². The van der Waals surface area contributed by atoms with Gasteiger partial charge in [-0.2, -0.15) is 0 Å². The molecule has 6 aliphatic heterocycles. The number of aliphatic hydroxyl groups excluding tert-OH is 13. The average Bonchev–Trinajstić information content (AvgIpc) is 1.62. The minimum Gasteiger partial charge on any atom is -0.463 e. The van der Waals surface area contributed by atoms with Crippen molar-refractivity contribution in [2.24, 2.45) is 50.2 Å². The number of hydrogen-bond acceptors (Lipinski definition) is 27. The van der Waals surface area contributed by atoms with E-state index >= 15 is 0 Å². The van der Waals surface area contributed by atoms with Crippen molar-refractivity contribution in [2.45, 2.75) is 279 Å². The number of carbonyl (C=O) groups is 2. The molecule has 5 aliphatic carbocycles. The van der Waals surface area contributed by atoms with E-state index in [1.807, 2.05) is 6.92 Å². The molecule has 27 heteroatoms. The van der Waals surface area contributed by atoms with Gasteiger partial charge in [-0.1, -0.05) is 41.5 Å². The van der Waals surface area contributed by atoms with Crippen molar-refractivity contribution in [3.8, 4) is 0 Å². The maximum absolute atomic E-state index is 12.8. The molecule has 498 valence electrons. The third-order valence-electron chi connectivity index (χ3n) is 24.3. The van der Waals surface area contributed by atoms with Gasteiger partial charge in [-0.05, 0) is 105 Å². The van der Waals surface area contributed by atoms with Crippen LogP contribution in [0.15, 0.2) is 0 Å². The molecule has 0 amide bonds. The molecule has 6 heterocycles. The highest BCUT2D eigenvalue weighted by Crippen LogP contribution is 2.80. The molecular formula is C60H96O27. The van der Waals surface area contributed by atoms with Crippen LogP contribution in [-0.2, 0) is 66.4 Å². The molecule has 11 fully saturated rings. The van der Waals surface area contributed by atoms with Gasteiger partial charge in [-0.25, -0.2) is 0 Å². The number of aldehydes is 1. The predicted octanol–water partition coefficient (Wildman–Crippen LogP) is -2.47. The zero-order valence-electron chi connectivity index (χ0n) is 50.9. The Kier molecular flexibility index (Phi) is 18.5. The fraction of sp³-hybridized carbons (Fsp3) is 0.967. The maximum atomic E-state index is 12.8. The van der Waals surface area contributed by atoms with Gasteiger partial charge in [0.25, 0.3) is 0 Å². The lowest BCUT2D eigenvalue weighted by Crippen LogP contribution is -2.74. The van der Waals surface area contributed by atoms with E-state index in [0.717, 1.165) is 51.7 Å². The average molecular weight is 1250 g/mol. The van der Waals surface area contributed by atoms with E-state index in [1.54, 1.807) is 0 Å². The van der Waals surface area contributed by atoms with Crippen molar-refractivity contribution in [3.05, 3.63) is 0 Å². The quantitative estimate of drug-likeness (QED) is 0.0487. The molecule has 27 nitrogen and oxygen atoms in total. The van der Waals surface area contributed by atoms with Crippen LogP contribution in [0.4, 0.5) is 0 Å². The second-order valence-corrected chi connectivity index (χ2v) is 29.2. The molecule has 1 spiro atoms. The van der Waals surface area contributed by atoms with Crippen LogP contribution in [0, 0.1) is 50.2 Å². The van der Waals surface area contributed by atoms with Gasteiger partial charge in [0.1, 0.15) is 117 Å². The van der Waals surface area contributed by atoms with E-state index < -0.39 is 208 Å². The fourth-order valence-corrected chi connectivity index (χ4v) is 19.0. The molecule has 6 saturated heterocycles. The van der Waals surface area contributed by atoms with Crippen molar-refractivity contribution in [3.63, 3.8) is 0 Å². The van der Waals surface area contributed by atoms with Crippen LogP contribution in [0.2, 0.25) is 0 Å². The summed E-state index contributed by atoms with van der Waals surface area (Å²) < 4.78 is 74.4. The van der Waals surface area contributed by atoms with Gasteiger partial charge in [-0.15, -0.1) is 0 Å². The zero-order valence-corrected chi connectivity index (χ0v) is 50.9. The summed E-state index contributed by atoms with van der Waals surface area (Å²) in [4.78, 5) is 24.6. The summed E-state index contributed by atoms with van der Waals surface area (Å²) in [6, 6.07) is 0. The number of ether oxygens (including phenoxy) is 12. The highest BCUT2D eigenvalue weighted by molar-refractivity contribution is 5.65. The molecule has 0 aromatic carbocycles. The molecule has 11 rings (SSSR count). The first-order valence-electron chi connectivity index (χ1n) is 31.3. The van der Waals surface area contributed by atoms with Crippen molar-refractivity contribution in [2.75, 3.05) is 33.0 Å². The third-order valence-corrected chi connectivity index (χ3v) is 24.3. The normalized spacial score (nSPS) is 56.5. The monoisotopic (exact) mass is 1250 g/mol. The molecule has 5 saturated carbocycles. The first-order valence-corrected chi connectivity index (χ1v) is 31.3. The Bertz CT molecular complexity index is 2450. The molecule has 0 aromatic heterocycles. The summed E-state index contributed by atoms with van der Waals surface area (Å²) in [5.41, 5.74) is -2.90. The van der Waals surface area contributed by atoms with Crippen molar-refractivity contribution in [1.82, 2.24) is 0 Å². The molecule has 87 heavy (non-hydrogen) atoms. The van der Waals surface area contributed by atoms with Crippen LogP contribution in [0.3, 0.4) is 0 Å². The highest BCUT2D eigenvalue weighted by Gasteiger charge is 2.80. The van der Waals surface area contributed by atoms with Crippen LogP contribution in [0.25, 0.3) is 0 Å². The summed E-state index contributed by atoms with van der Waals surface area (Å²) in [6.45, 7) is 13.9. The van der Waals surface area contributed by atoms with Gasteiger partial charge in [-0.3, -0.25) is 4.79 Å². The Morgan fingerprint density at radius 2 is 1.20 bits per heavy atom. The number of aliphatic hydroxyl groups is 13. The lowest BCUT2D eigenvalue weighted by Gasteiger charge is -2.75. The number of rotatable bonds is 14. The van der Waals surface area contributed by atoms with Gasteiger partial charge < -0.3 is 128 Å². The Hall–Kier alpha value is -1.82. The van der Waals surface area contributed by atoms with Crippen LogP contribution in [0.5, 0.6) is 0 Å². The Labute approximate surface area is 505 Å². The SMILES string of the molecule is CC(=O)OC[C@H]1O[C@@H](O[C@H]2[C@H](O[C@H]3CC[C@@]4(C)C(CC[C@]5(C)C4CC[C@]46OC[C@@]7(CC[C@](C)(C=O)C[C@H]74)[C@H](O)C[C@]65C)C3(C)C)OC[C@H](O[C@@H]3O[C@H](CO)[C@@H](O)[C@H](O[C@@H]4O[C@@H](C)[C@H](O)[C@@H](O)[C@H]4O)[C@H]3O[C@@H]3OC[C@@H](O)[C@H](O)[C@H]3O)[C@@H]2O)[C@H](O)[C@@H](O)[C@@H]1O. The standard InChI is InChI=1S/C60H96O27/c1-25-36(66)41(71)44(74)50(80-25)85-46-39(69)28(19-61)81-53(48(46)87-49-43(73)37(67)27(64)20-77-49)83-30-22-78-52(47(40(30)70)86-51-45(75)42(72)38(68)29(82-51)21-76-26(2)63)84-35-11-12-56(6)31(54(35,3)4)9-13-57(7)32(56)10-14-60-33-17-55(5,23-62)15-16-59(33,24-79-60)34(65)18-58(57,60)8/h23,25,27-53,61,64-75H,9-22,24H2,1-8H3/t25-,27+,28+,29+,30-,31?,32?,33+,34+,35-,36-,37-,38+,39+,40-,41+,42-,43+,44+,45+,46-,47+,48+,49-,50-,51-,52-,53-,55-,56-,57+,58-,59+,60-/m0/s1. The first kappa shape index (κ1) is 66.6. The first-order chi connectivity index (χ1) is 40.9. The molecule has 2 unspecified atom stereocenters. The van der Waals surface area contributed by atoms with Crippen LogP contribution >= 0.6 is 0 Å². The minimum absolute atomic E-state index is 0.0378. The van der Waals surface area contributed by atoms with Gasteiger partial charge >= 0.3 is 5.97 Å². The van der Waals surface area contributed by atoms with E-state index in [1.165, 1.54) is 6.92 Å². The zero-order chi connectivity index (χ0) is 63.0. The second-order valence-electron chi connectivity index (χ2n) is 29.2. The van der Waals surface area contributed by atoms with Gasteiger partial charge in [0, 0.05) is 23.2 Å². The van der Waals surface area contributed by atoms with Gasteiger partial charge in [0.2, 0.25) is 0 Å². The molecule has 13 N–H and O–H groups in total. The largest absolute Gasteiger partial charge is 0.463 e. The van der Waals surface area contributed by atoms with E-state index in [2.05, 4.69) is 34.6 Å². The maximum Gasteiger partial charge on any atom is 0.302 e. The molecule has 2 bridgehead atoms. The van der Waals surface area contributed by atoms with Crippen molar-refractivity contribution in [1.29, 1.82) is 0 Å². The summed E-state index contributed by atoms with van der Waals surface area (Å²) in [5, 5.41) is 145. The van der Waals surface area contributed by atoms with Crippen molar-refractivity contribution < 1.29 is 133 Å². The minimum atomic E-state index is -1.98. The Morgan fingerprint density at radius 3 is 1.89 bits per heavy atom. The predicted molar refractivity (Wildman–Crippen MR) is 291 cm³/mol. The van der Waals surface area contributed by atoms with Crippen molar-refractivity contribution >= 4 is 12.3 Å². The highest BCUT2D eigenvalue weighted by atomic mass is 16.8. The smallest absolute Gasteiger partial charge is 0.302 e. The topological polar surface area (TPSA) is 408 Å². The number of hydrogen-bond donors (Lipinski definition) is 13. The molecule has 34 atom stereocenters. The van der Waals surface area contributed by atoms with E-state index in [4.69, 9.17) is 56.8 Å². The number of carbonyl (C=O) groups excluding carboxylic acids is 2. The lowest BCUT2D eigenvalue weighted by atomic mass is 9.30. The summed E-state index contributed by atoms with van der Waals surface area (Å²) in [6.07, 6.45) is -32.8. The summed E-state index contributed by atoms with van der Waals surface area (Å²) >= 11 is 0. The van der Waals surface area contributed by atoms with Crippen LogP contribution in [0.1, 0.15) is 120 Å².